The van der Waals surface area contributed by atoms with Gasteiger partial charge in [-0.3, -0.25) is 9.78 Å². The number of hydrogen-bond donors (Lipinski definition) is 2. The highest BCUT2D eigenvalue weighted by Crippen LogP contribution is 2.40. The summed E-state index contributed by atoms with van der Waals surface area (Å²) < 4.78 is 0. The van der Waals surface area contributed by atoms with E-state index in [-0.39, 0.29) is 0 Å². The van der Waals surface area contributed by atoms with Crippen LogP contribution < -0.4 is 5.32 Å². The molecule has 120 valence electrons. The molecule has 3 rings (SSSR count). The van der Waals surface area contributed by atoms with Crippen molar-refractivity contribution in [3.8, 4) is 0 Å². The monoisotopic (exact) mass is 310 g/mol. The molecule has 3 atom stereocenters. The fourth-order valence-electron chi connectivity index (χ4n) is 3.55. The molecule has 23 heavy (non-hydrogen) atoms. The molecule has 1 aliphatic rings. The molecule has 1 aliphatic carbocycles. The van der Waals surface area contributed by atoms with Crippen LogP contribution in [0.3, 0.4) is 0 Å². The number of aromatic nitrogens is 1. The zero-order valence-electron chi connectivity index (χ0n) is 13.1. The molecule has 3 unspecified atom stereocenters. The molecule has 0 radical (unpaired) electrons. The van der Waals surface area contributed by atoms with Gasteiger partial charge in [-0.05, 0) is 66.8 Å². The minimum absolute atomic E-state index is 0.320. The van der Waals surface area contributed by atoms with E-state index < -0.39 is 6.10 Å². The third-order valence-corrected chi connectivity index (χ3v) is 4.76. The van der Waals surface area contributed by atoms with Gasteiger partial charge in [-0.15, -0.1) is 0 Å². The summed E-state index contributed by atoms with van der Waals surface area (Å²) in [5.41, 5.74) is 3.02. The fraction of sp³-hybridized carbons (Fsp3) is 0.368. The number of anilines is 1. The van der Waals surface area contributed by atoms with Crippen molar-refractivity contribution in [2.24, 2.45) is 11.8 Å². The molecule has 1 fully saturated rings. The van der Waals surface area contributed by atoms with Crippen molar-refractivity contribution in [2.75, 3.05) is 5.32 Å². The van der Waals surface area contributed by atoms with Gasteiger partial charge in [0, 0.05) is 18.1 Å². The van der Waals surface area contributed by atoms with Crippen molar-refractivity contribution >= 4 is 12.1 Å². The van der Waals surface area contributed by atoms with Crippen LogP contribution in [0.15, 0.2) is 48.8 Å². The lowest BCUT2D eigenvalue weighted by Gasteiger charge is -2.18. The number of carbonyl (C=O) groups excluding carboxylic acids is 1. The predicted molar refractivity (Wildman–Crippen MR) is 89.9 cm³/mol. The van der Waals surface area contributed by atoms with Crippen LogP contribution in [0.1, 0.15) is 36.5 Å². The van der Waals surface area contributed by atoms with Gasteiger partial charge < -0.3 is 10.4 Å². The van der Waals surface area contributed by atoms with Crippen molar-refractivity contribution in [3.63, 3.8) is 0 Å². The number of carbonyl (C=O) groups is 1. The first-order valence-electron chi connectivity index (χ1n) is 8.13. The van der Waals surface area contributed by atoms with Crippen LogP contribution in [0.2, 0.25) is 0 Å². The average molecular weight is 310 g/mol. The molecule has 0 spiro atoms. The Labute approximate surface area is 136 Å². The van der Waals surface area contributed by atoms with E-state index in [0.29, 0.717) is 18.2 Å². The highest BCUT2D eigenvalue weighted by Gasteiger charge is 2.30. The highest BCUT2D eigenvalue weighted by atomic mass is 16.3. The maximum atomic E-state index is 10.5. The molecule has 1 saturated carbocycles. The number of rotatable bonds is 6. The molecule has 2 aromatic rings. The molecule has 0 saturated heterocycles. The molecular weight excluding hydrogens is 288 g/mol. The molecule has 4 heteroatoms. The van der Waals surface area contributed by atoms with Crippen LogP contribution in [-0.2, 0) is 11.2 Å². The Bertz CT molecular complexity index is 628. The van der Waals surface area contributed by atoms with Crippen molar-refractivity contribution in [1.82, 2.24) is 4.98 Å². The van der Waals surface area contributed by atoms with E-state index in [9.17, 15) is 9.90 Å². The molecule has 1 heterocycles. The zero-order valence-corrected chi connectivity index (χ0v) is 13.1. The lowest BCUT2D eigenvalue weighted by Crippen LogP contribution is -2.10. The van der Waals surface area contributed by atoms with Crippen LogP contribution in [0.4, 0.5) is 5.69 Å². The second-order valence-corrected chi connectivity index (χ2v) is 6.33. The molecule has 0 aliphatic heterocycles. The maximum Gasteiger partial charge on any atom is 0.211 e. The number of aliphatic hydroxyl groups excluding tert-OH is 1. The first kappa shape index (κ1) is 15.7. The van der Waals surface area contributed by atoms with E-state index >= 15 is 0 Å². The van der Waals surface area contributed by atoms with Crippen LogP contribution in [-0.4, -0.2) is 16.5 Å². The third-order valence-electron chi connectivity index (χ3n) is 4.76. The molecule has 1 aromatic carbocycles. The van der Waals surface area contributed by atoms with Gasteiger partial charge >= 0.3 is 0 Å². The number of hydrogen-bond acceptors (Lipinski definition) is 3. The van der Waals surface area contributed by atoms with Crippen molar-refractivity contribution < 1.29 is 9.90 Å². The molecule has 4 nitrogen and oxygen atoms in total. The molecular formula is C19H22N2O2. The number of amides is 1. The van der Waals surface area contributed by atoms with Crippen molar-refractivity contribution in [1.29, 1.82) is 0 Å². The van der Waals surface area contributed by atoms with Gasteiger partial charge in [0.15, 0.2) is 0 Å². The Morgan fingerprint density at radius 2 is 2.09 bits per heavy atom. The quantitative estimate of drug-likeness (QED) is 0.804. The minimum Gasteiger partial charge on any atom is -0.388 e. The van der Waals surface area contributed by atoms with E-state index in [0.717, 1.165) is 36.9 Å². The Kier molecular flexibility index (Phi) is 5.03. The van der Waals surface area contributed by atoms with Crippen LogP contribution in [0.5, 0.6) is 0 Å². The Morgan fingerprint density at radius 3 is 2.78 bits per heavy atom. The van der Waals surface area contributed by atoms with Gasteiger partial charge in [0.2, 0.25) is 6.41 Å². The van der Waals surface area contributed by atoms with Gasteiger partial charge in [0.1, 0.15) is 0 Å². The first-order chi connectivity index (χ1) is 11.3. The summed E-state index contributed by atoms with van der Waals surface area (Å²) in [5, 5.41) is 13.2. The Balaban J connectivity index is 1.56. The number of nitrogens with one attached hydrogen (secondary N) is 1. The van der Waals surface area contributed by atoms with E-state index in [1.165, 1.54) is 5.56 Å². The lowest BCUT2D eigenvalue weighted by atomic mass is 9.92. The van der Waals surface area contributed by atoms with Gasteiger partial charge in [-0.2, -0.15) is 0 Å². The van der Waals surface area contributed by atoms with Gasteiger partial charge in [-0.25, -0.2) is 0 Å². The molecule has 2 N–H and O–H groups in total. The summed E-state index contributed by atoms with van der Waals surface area (Å²) in [6.07, 6.45) is 8.06. The molecule has 0 bridgehead atoms. The smallest absolute Gasteiger partial charge is 0.211 e. The van der Waals surface area contributed by atoms with Gasteiger partial charge in [0.25, 0.3) is 0 Å². The fourth-order valence-corrected chi connectivity index (χ4v) is 3.55. The van der Waals surface area contributed by atoms with Crippen LogP contribution >= 0.6 is 0 Å². The van der Waals surface area contributed by atoms with E-state index in [2.05, 4.69) is 22.4 Å². The summed E-state index contributed by atoms with van der Waals surface area (Å²) in [5.74, 6) is 0.927. The Hall–Kier alpha value is -2.20. The lowest BCUT2D eigenvalue weighted by molar-refractivity contribution is -0.105. The van der Waals surface area contributed by atoms with E-state index in [1.807, 2.05) is 24.3 Å². The normalized spacial score (nSPS) is 21.8. The molecule has 1 aromatic heterocycles. The van der Waals surface area contributed by atoms with Gasteiger partial charge in [0.05, 0.1) is 6.10 Å². The van der Waals surface area contributed by atoms with E-state index in [1.54, 1.807) is 12.4 Å². The van der Waals surface area contributed by atoms with Gasteiger partial charge in [-0.1, -0.05) is 18.2 Å². The standard InChI is InChI=1S/C19H22N2O2/c22-13-21-18-7-4-14(5-8-18)10-15-3-6-16(11-15)19(23)17-2-1-9-20-12-17/h1-2,4-5,7-9,12-13,15-16,19,23H,3,6,10-11H2,(H,21,22). The summed E-state index contributed by atoms with van der Waals surface area (Å²) in [6.45, 7) is 0. The summed E-state index contributed by atoms with van der Waals surface area (Å²) in [4.78, 5) is 14.5. The number of aliphatic hydroxyl groups is 1. The molecule has 1 amide bonds. The predicted octanol–water partition coefficient (Wildman–Crippen LogP) is 3.34. The average Bonchev–Trinajstić information content (AvgIpc) is 3.05. The summed E-state index contributed by atoms with van der Waals surface area (Å²) >= 11 is 0. The second-order valence-electron chi connectivity index (χ2n) is 6.33. The summed E-state index contributed by atoms with van der Waals surface area (Å²) in [6, 6.07) is 11.8. The third kappa shape index (κ3) is 3.96. The van der Waals surface area contributed by atoms with Crippen molar-refractivity contribution in [2.45, 2.75) is 31.8 Å². The first-order valence-corrected chi connectivity index (χ1v) is 8.13. The second kappa shape index (κ2) is 7.38. The topological polar surface area (TPSA) is 62.2 Å². The van der Waals surface area contributed by atoms with E-state index in [4.69, 9.17) is 0 Å². The van der Waals surface area contributed by atoms with Crippen molar-refractivity contribution in [3.05, 3.63) is 59.9 Å². The van der Waals surface area contributed by atoms with Crippen LogP contribution in [0, 0.1) is 11.8 Å². The Morgan fingerprint density at radius 1 is 1.26 bits per heavy atom. The summed E-state index contributed by atoms with van der Waals surface area (Å²) in [7, 11) is 0. The van der Waals surface area contributed by atoms with Crippen LogP contribution in [0.25, 0.3) is 0 Å². The number of nitrogens with zero attached hydrogens (tertiary/aromatic N) is 1. The SMILES string of the molecule is O=CNc1ccc(CC2CCC(C(O)c3cccnc3)C2)cc1. The maximum absolute atomic E-state index is 10.5. The largest absolute Gasteiger partial charge is 0.388 e. The zero-order chi connectivity index (χ0) is 16.1. The minimum atomic E-state index is -0.409. The number of benzene rings is 1. The number of pyridine rings is 1. The highest BCUT2D eigenvalue weighted by molar-refractivity contribution is 5.71.